The molecule has 12 nitrogen and oxygen atoms in total. The Morgan fingerprint density at radius 3 is 2.70 bits per heavy atom. The monoisotopic (exact) mass is 613 g/mol. The third kappa shape index (κ3) is 5.41. The number of carbonyl (C=O) groups excluding carboxylic acids is 3. The van der Waals surface area contributed by atoms with Gasteiger partial charge in [-0.15, -0.1) is 16.4 Å². The number of imidazole rings is 1. The molecule has 228 valence electrons. The molecule has 2 N–H and O–H groups in total. The number of nitrogens with one attached hydrogen (secondary N) is 2. The van der Waals surface area contributed by atoms with Gasteiger partial charge in [0.25, 0.3) is 5.91 Å². The van der Waals surface area contributed by atoms with Gasteiger partial charge in [-0.05, 0) is 56.5 Å². The van der Waals surface area contributed by atoms with E-state index >= 15 is 0 Å². The van der Waals surface area contributed by atoms with Crippen molar-refractivity contribution in [1.82, 2.24) is 34.7 Å². The molecule has 3 aromatic heterocycles. The molecule has 1 aliphatic carbocycles. The lowest BCUT2D eigenvalue weighted by atomic mass is 9.98. The summed E-state index contributed by atoms with van der Waals surface area (Å²) in [5.41, 5.74) is 3.08. The molecule has 13 heteroatoms. The molecule has 0 spiro atoms. The molecule has 2 saturated heterocycles. The zero-order valence-electron chi connectivity index (χ0n) is 24.8. The van der Waals surface area contributed by atoms with E-state index in [1.54, 1.807) is 27.9 Å². The maximum absolute atomic E-state index is 13.1. The predicted molar refractivity (Wildman–Crippen MR) is 168 cm³/mol. The lowest BCUT2D eigenvalue weighted by molar-refractivity contribution is -0.139. The van der Waals surface area contributed by atoms with Crippen LogP contribution in [-0.2, 0) is 11.2 Å². The fourth-order valence-electron chi connectivity index (χ4n) is 6.30. The van der Waals surface area contributed by atoms with Crippen molar-refractivity contribution < 1.29 is 14.4 Å². The number of Topliss-reactive ketones (excluding diaryl/α,β-unsaturated/α-hetero) is 1. The molecule has 2 unspecified atom stereocenters. The number of anilines is 3. The maximum Gasteiger partial charge on any atom is 0.261 e. The van der Waals surface area contributed by atoms with Gasteiger partial charge in [0, 0.05) is 74.2 Å². The molecule has 2 aliphatic heterocycles. The molecular weight excluding hydrogens is 578 g/mol. The number of aryl methyl sites for hydroxylation is 1. The van der Waals surface area contributed by atoms with Crippen LogP contribution in [0.2, 0.25) is 0 Å². The molecule has 3 aliphatic rings. The quantitative estimate of drug-likeness (QED) is 0.337. The van der Waals surface area contributed by atoms with Crippen LogP contribution in [-0.4, -0.2) is 93.3 Å². The molecule has 5 heterocycles. The van der Waals surface area contributed by atoms with Gasteiger partial charge < -0.3 is 20.4 Å². The number of rotatable bonds is 6. The Hall–Kier alpha value is -4.36. The average molecular weight is 614 g/mol. The Labute approximate surface area is 259 Å². The van der Waals surface area contributed by atoms with Crippen LogP contribution in [0.4, 0.5) is 17.5 Å². The Morgan fingerprint density at radius 1 is 1.05 bits per heavy atom. The lowest BCUT2D eigenvalue weighted by Crippen LogP contribution is -2.48. The van der Waals surface area contributed by atoms with Crippen molar-refractivity contribution in [2.24, 2.45) is 0 Å². The van der Waals surface area contributed by atoms with Gasteiger partial charge in [-0.2, -0.15) is 4.98 Å². The van der Waals surface area contributed by atoms with E-state index in [-0.39, 0.29) is 29.7 Å². The van der Waals surface area contributed by atoms with Crippen LogP contribution in [0.1, 0.15) is 62.2 Å². The highest BCUT2D eigenvalue weighted by Crippen LogP contribution is 2.31. The molecule has 7 rings (SSSR count). The van der Waals surface area contributed by atoms with E-state index in [4.69, 9.17) is 10.1 Å². The van der Waals surface area contributed by atoms with Gasteiger partial charge in [-0.1, -0.05) is 12.1 Å². The van der Waals surface area contributed by atoms with E-state index in [1.807, 2.05) is 38.4 Å². The molecule has 44 heavy (non-hydrogen) atoms. The number of hydrogen-bond acceptors (Lipinski definition) is 10. The number of hydrogen-bond donors (Lipinski definition) is 2. The standard InChI is InChI=1S/C31H35N9O3S/c1-37-15-16-38(2)30(43)26(37)19-8-10-20(11-9-19)33-27-28-32-12-14-40(28)36-31(35-27)39-13-4-5-21(18-39)34-29(42)25-17-22-23(41)6-3-7-24(22)44-25/h8-12,14,17,21,26H,3-7,13,15-16,18H2,1-2H3,(H,34,42)(H,33,35,36). The fourth-order valence-corrected chi connectivity index (χ4v) is 7.42. The van der Waals surface area contributed by atoms with Crippen molar-refractivity contribution in [3.63, 3.8) is 0 Å². The molecular formula is C31H35N9O3S. The highest BCUT2D eigenvalue weighted by Gasteiger charge is 2.32. The number of amides is 2. The number of likely N-dealkylation sites (N-methyl/N-ethyl adjacent to an activating group) is 2. The Morgan fingerprint density at radius 2 is 1.89 bits per heavy atom. The zero-order chi connectivity index (χ0) is 30.4. The summed E-state index contributed by atoms with van der Waals surface area (Å²) < 4.78 is 1.71. The summed E-state index contributed by atoms with van der Waals surface area (Å²) in [5, 5.41) is 11.3. The summed E-state index contributed by atoms with van der Waals surface area (Å²) >= 11 is 1.44. The highest BCUT2D eigenvalue weighted by atomic mass is 32.1. The number of aromatic nitrogens is 4. The van der Waals surface area contributed by atoms with Gasteiger partial charge >= 0.3 is 0 Å². The van der Waals surface area contributed by atoms with Crippen LogP contribution in [0.3, 0.4) is 0 Å². The smallest absolute Gasteiger partial charge is 0.261 e. The topological polar surface area (TPSA) is 128 Å². The summed E-state index contributed by atoms with van der Waals surface area (Å²) in [5.74, 6) is 1.22. The number of nitrogens with zero attached hydrogens (tertiary/aromatic N) is 7. The van der Waals surface area contributed by atoms with Crippen molar-refractivity contribution in [3.8, 4) is 0 Å². The minimum atomic E-state index is -0.298. The van der Waals surface area contributed by atoms with E-state index in [1.165, 1.54) is 11.3 Å². The number of fused-ring (bicyclic) bond motifs is 2. The summed E-state index contributed by atoms with van der Waals surface area (Å²) in [7, 11) is 3.82. The summed E-state index contributed by atoms with van der Waals surface area (Å²) in [6.07, 6.45) is 7.48. The first-order valence-electron chi connectivity index (χ1n) is 15.1. The van der Waals surface area contributed by atoms with Crippen LogP contribution >= 0.6 is 11.3 Å². The SMILES string of the molecule is CN1CCN(C)C(c2ccc(Nc3nc(N4CCCC(NC(=O)c5cc6c(s5)CCCC6=O)C4)nn4ccnc34)cc2)C1=O. The Bertz CT molecular complexity index is 1730. The molecule has 4 aromatic rings. The van der Waals surface area contributed by atoms with Gasteiger partial charge in [0.1, 0.15) is 6.04 Å². The van der Waals surface area contributed by atoms with Crippen LogP contribution in [0.15, 0.2) is 42.7 Å². The van der Waals surface area contributed by atoms with Gasteiger partial charge in [0.15, 0.2) is 17.2 Å². The Kier molecular flexibility index (Phi) is 7.50. The third-order valence-corrected chi connectivity index (χ3v) is 9.94. The first-order chi connectivity index (χ1) is 21.3. The van der Waals surface area contributed by atoms with E-state index in [2.05, 4.69) is 25.4 Å². The van der Waals surface area contributed by atoms with Crippen LogP contribution in [0.25, 0.3) is 5.65 Å². The second-order valence-corrected chi connectivity index (χ2v) is 13.0. The summed E-state index contributed by atoms with van der Waals surface area (Å²) in [4.78, 5) is 55.1. The zero-order valence-corrected chi connectivity index (χ0v) is 25.6. The van der Waals surface area contributed by atoms with Crippen molar-refractivity contribution in [3.05, 3.63) is 63.6 Å². The number of thiophene rings is 1. The molecule has 1 aromatic carbocycles. The number of piperidine rings is 1. The van der Waals surface area contributed by atoms with E-state index in [0.717, 1.165) is 67.0 Å². The largest absolute Gasteiger partial charge is 0.347 e. The Balaban J connectivity index is 1.07. The fraction of sp³-hybridized carbons (Fsp3) is 0.419. The summed E-state index contributed by atoms with van der Waals surface area (Å²) in [6.45, 7) is 2.89. The van der Waals surface area contributed by atoms with Gasteiger partial charge in [0.05, 0.1) is 4.88 Å². The molecule has 0 saturated carbocycles. The van der Waals surface area contributed by atoms with Gasteiger partial charge in [-0.25, -0.2) is 9.50 Å². The number of ketones is 1. The minimum absolute atomic E-state index is 0.0724. The van der Waals surface area contributed by atoms with Crippen molar-refractivity contribution in [1.29, 1.82) is 0 Å². The second-order valence-electron chi connectivity index (χ2n) is 11.8. The number of benzene rings is 1. The molecule has 2 amide bonds. The lowest BCUT2D eigenvalue weighted by Gasteiger charge is -2.37. The molecule has 0 radical (unpaired) electrons. The highest BCUT2D eigenvalue weighted by molar-refractivity contribution is 7.14. The third-order valence-electron chi connectivity index (χ3n) is 8.75. The van der Waals surface area contributed by atoms with Crippen LogP contribution in [0, 0.1) is 0 Å². The normalized spacial score (nSPS) is 21.0. The maximum atomic E-state index is 13.1. The summed E-state index contributed by atoms with van der Waals surface area (Å²) in [6, 6.07) is 9.25. The van der Waals surface area contributed by atoms with E-state index in [0.29, 0.717) is 35.3 Å². The van der Waals surface area contributed by atoms with E-state index < -0.39 is 0 Å². The van der Waals surface area contributed by atoms with Crippen LogP contribution < -0.4 is 15.5 Å². The minimum Gasteiger partial charge on any atom is -0.347 e. The van der Waals surface area contributed by atoms with Crippen LogP contribution in [0.5, 0.6) is 0 Å². The number of carbonyl (C=O) groups is 3. The van der Waals surface area contributed by atoms with Gasteiger partial charge in [-0.3, -0.25) is 19.3 Å². The first-order valence-corrected chi connectivity index (χ1v) is 15.9. The van der Waals surface area contributed by atoms with Crippen molar-refractivity contribution >= 4 is 52.0 Å². The molecule has 2 fully saturated rings. The van der Waals surface area contributed by atoms with Crippen molar-refractivity contribution in [2.75, 3.05) is 50.5 Å². The molecule has 0 bridgehead atoms. The second kappa shape index (κ2) is 11.6. The predicted octanol–water partition coefficient (Wildman–Crippen LogP) is 3.29. The van der Waals surface area contributed by atoms with Gasteiger partial charge in [0.2, 0.25) is 11.9 Å². The van der Waals surface area contributed by atoms with E-state index in [9.17, 15) is 14.4 Å². The molecule has 2 atom stereocenters. The average Bonchev–Trinajstić information content (AvgIpc) is 3.69. The van der Waals surface area contributed by atoms with Crippen molar-refractivity contribution in [2.45, 2.75) is 44.2 Å². The number of piperazine rings is 1. The first kappa shape index (κ1) is 28.4.